The first-order valence-electron chi connectivity index (χ1n) is 6.18. The van der Waals surface area contributed by atoms with Gasteiger partial charge in [0.05, 0.1) is 7.11 Å². The van der Waals surface area contributed by atoms with E-state index in [4.69, 9.17) is 17.0 Å². The number of rotatable bonds is 3. The van der Waals surface area contributed by atoms with Crippen molar-refractivity contribution >= 4 is 28.7 Å². The normalized spacial score (nSPS) is 10.1. The highest BCUT2D eigenvalue weighted by Gasteiger charge is 2.07. The highest BCUT2D eigenvalue weighted by molar-refractivity contribution is 7.80. The van der Waals surface area contributed by atoms with E-state index in [-0.39, 0.29) is 16.7 Å². The first-order valence-corrected chi connectivity index (χ1v) is 6.58. The molecule has 0 radical (unpaired) electrons. The number of benzene rings is 2. The molecule has 0 unspecified atom stereocenters. The summed E-state index contributed by atoms with van der Waals surface area (Å²) in [7, 11) is 1.39. The van der Waals surface area contributed by atoms with Gasteiger partial charge in [-0.15, -0.1) is 0 Å². The minimum Gasteiger partial charge on any atom is -0.494 e. The fraction of sp³-hybridized carbons (Fsp3) is 0.133. The third-order valence-corrected chi connectivity index (χ3v) is 3.13. The zero-order chi connectivity index (χ0) is 15.4. The maximum atomic E-state index is 13.6. The van der Waals surface area contributed by atoms with Gasteiger partial charge in [0.1, 0.15) is 5.82 Å². The lowest BCUT2D eigenvalue weighted by Gasteiger charge is -2.13. The lowest BCUT2D eigenvalue weighted by Crippen LogP contribution is -2.20. The second-order valence-corrected chi connectivity index (χ2v) is 4.75. The maximum absolute atomic E-state index is 13.6. The smallest absolute Gasteiger partial charge is 0.175 e. The Bertz CT molecular complexity index is 677. The molecular weight excluding hydrogens is 294 g/mol. The highest BCUT2D eigenvalue weighted by atomic mass is 32.1. The molecule has 2 rings (SSSR count). The van der Waals surface area contributed by atoms with Crippen LogP contribution in [0, 0.1) is 18.6 Å². The number of nitrogens with one attached hydrogen (secondary N) is 2. The van der Waals surface area contributed by atoms with Gasteiger partial charge < -0.3 is 15.4 Å². The van der Waals surface area contributed by atoms with Crippen molar-refractivity contribution in [1.82, 2.24) is 0 Å². The Labute approximate surface area is 126 Å². The molecule has 6 heteroatoms. The summed E-state index contributed by atoms with van der Waals surface area (Å²) < 4.78 is 31.8. The van der Waals surface area contributed by atoms with E-state index in [2.05, 4.69) is 10.6 Å². The van der Waals surface area contributed by atoms with Crippen LogP contribution < -0.4 is 15.4 Å². The van der Waals surface area contributed by atoms with Gasteiger partial charge in [0.2, 0.25) is 0 Å². The third kappa shape index (κ3) is 3.66. The average molecular weight is 308 g/mol. The molecule has 0 aliphatic heterocycles. The van der Waals surface area contributed by atoms with Crippen LogP contribution in [0.25, 0.3) is 0 Å². The molecule has 2 aromatic rings. The fourth-order valence-corrected chi connectivity index (χ4v) is 2.00. The highest BCUT2D eigenvalue weighted by Crippen LogP contribution is 2.21. The Kier molecular flexibility index (Phi) is 4.70. The molecule has 0 fully saturated rings. The Morgan fingerprint density at radius 3 is 2.52 bits per heavy atom. The molecule has 0 atom stereocenters. The second kappa shape index (κ2) is 6.49. The van der Waals surface area contributed by atoms with Crippen LogP contribution in [0.3, 0.4) is 0 Å². The van der Waals surface area contributed by atoms with Crippen molar-refractivity contribution in [3.63, 3.8) is 0 Å². The molecule has 0 heterocycles. The first-order chi connectivity index (χ1) is 10.0. The second-order valence-electron chi connectivity index (χ2n) is 4.34. The van der Waals surface area contributed by atoms with E-state index in [0.717, 1.165) is 0 Å². The van der Waals surface area contributed by atoms with E-state index >= 15 is 0 Å². The van der Waals surface area contributed by atoms with Crippen LogP contribution in [0.5, 0.6) is 5.75 Å². The van der Waals surface area contributed by atoms with Crippen molar-refractivity contribution in [2.45, 2.75) is 6.92 Å². The molecular formula is C15H14F2N2OS. The molecule has 21 heavy (non-hydrogen) atoms. The molecule has 3 nitrogen and oxygen atoms in total. The Morgan fingerprint density at radius 2 is 1.86 bits per heavy atom. The molecule has 0 spiro atoms. The van der Waals surface area contributed by atoms with Crippen molar-refractivity contribution < 1.29 is 13.5 Å². The summed E-state index contributed by atoms with van der Waals surface area (Å²) >= 11 is 5.13. The fourth-order valence-electron chi connectivity index (χ4n) is 1.77. The quantitative estimate of drug-likeness (QED) is 0.837. The van der Waals surface area contributed by atoms with Crippen LogP contribution in [-0.2, 0) is 0 Å². The summed E-state index contributed by atoms with van der Waals surface area (Å²) in [5.41, 5.74) is 1.49. The van der Waals surface area contributed by atoms with E-state index in [9.17, 15) is 8.78 Å². The lowest BCUT2D eigenvalue weighted by molar-refractivity contribution is 0.387. The van der Waals surface area contributed by atoms with Gasteiger partial charge in [0.25, 0.3) is 0 Å². The number of ether oxygens (including phenoxy) is 1. The van der Waals surface area contributed by atoms with E-state index in [1.54, 1.807) is 25.1 Å². The van der Waals surface area contributed by atoms with Crippen molar-refractivity contribution in [3.8, 4) is 5.75 Å². The predicted molar refractivity (Wildman–Crippen MR) is 83.9 cm³/mol. The van der Waals surface area contributed by atoms with Gasteiger partial charge in [0, 0.05) is 23.0 Å². The van der Waals surface area contributed by atoms with Crippen molar-refractivity contribution in [2.24, 2.45) is 0 Å². The first kappa shape index (κ1) is 15.2. The van der Waals surface area contributed by atoms with E-state index in [1.807, 2.05) is 0 Å². The summed E-state index contributed by atoms with van der Waals surface area (Å²) in [4.78, 5) is 0. The summed E-state index contributed by atoms with van der Waals surface area (Å²) in [5.74, 6) is -0.661. The molecule has 0 aromatic heterocycles. The lowest BCUT2D eigenvalue weighted by atomic mass is 10.2. The molecule has 0 aliphatic carbocycles. The summed E-state index contributed by atoms with van der Waals surface area (Å²) in [5, 5.41) is 5.95. The topological polar surface area (TPSA) is 33.3 Å². The van der Waals surface area contributed by atoms with Crippen LogP contribution in [0.15, 0.2) is 36.4 Å². The molecule has 2 N–H and O–H groups in total. The van der Waals surface area contributed by atoms with Gasteiger partial charge in [0.15, 0.2) is 16.7 Å². The van der Waals surface area contributed by atoms with E-state index < -0.39 is 5.82 Å². The van der Waals surface area contributed by atoms with Crippen LogP contribution in [-0.4, -0.2) is 12.2 Å². The van der Waals surface area contributed by atoms with E-state index in [1.165, 1.54) is 25.3 Å². The monoisotopic (exact) mass is 308 g/mol. The van der Waals surface area contributed by atoms with Gasteiger partial charge >= 0.3 is 0 Å². The Hall–Kier alpha value is -2.21. The minimum absolute atomic E-state index is 0.153. The number of methoxy groups -OCH3 is 1. The largest absolute Gasteiger partial charge is 0.494 e. The average Bonchev–Trinajstić information content (AvgIpc) is 2.44. The van der Waals surface area contributed by atoms with Crippen molar-refractivity contribution in [3.05, 3.63) is 53.6 Å². The summed E-state index contributed by atoms with van der Waals surface area (Å²) in [6.45, 7) is 1.65. The van der Waals surface area contributed by atoms with Gasteiger partial charge in [-0.25, -0.2) is 8.78 Å². The van der Waals surface area contributed by atoms with Crippen LogP contribution in [0.1, 0.15) is 5.56 Å². The van der Waals surface area contributed by atoms with Gasteiger partial charge in [-0.05, 0) is 43.4 Å². The molecule has 0 amide bonds. The number of anilines is 2. The SMILES string of the molecule is COc1ccc(NC(=S)Nc2cccc(F)c2C)cc1F. The van der Waals surface area contributed by atoms with Crippen molar-refractivity contribution in [2.75, 3.05) is 17.7 Å². The number of halogens is 2. The zero-order valence-corrected chi connectivity index (χ0v) is 12.4. The predicted octanol–water partition coefficient (Wildman–Crippen LogP) is 4.09. The minimum atomic E-state index is -0.493. The zero-order valence-electron chi connectivity index (χ0n) is 11.5. The van der Waals surface area contributed by atoms with Crippen molar-refractivity contribution in [1.29, 1.82) is 0 Å². The number of thiocarbonyl (C=S) groups is 1. The molecule has 0 bridgehead atoms. The van der Waals surface area contributed by atoms with Crippen LogP contribution in [0.4, 0.5) is 20.2 Å². The summed E-state index contributed by atoms with van der Waals surface area (Å²) in [6, 6.07) is 9.06. The number of hydrogen-bond donors (Lipinski definition) is 2. The standard InChI is InChI=1S/C15H14F2N2OS/c1-9-11(16)4-3-5-13(9)19-15(21)18-10-6-7-14(20-2)12(17)8-10/h3-8H,1-2H3,(H2,18,19,21). The Morgan fingerprint density at radius 1 is 1.10 bits per heavy atom. The summed E-state index contributed by atoms with van der Waals surface area (Å²) in [6.07, 6.45) is 0. The molecule has 0 aliphatic rings. The molecule has 110 valence electrons. The van der Waals surface area contributed by atoms with Gasteiger partial charge in [-0.2, -0.15) is 0 Å². The van der Waals surface area contributed by atoms with E-state index in [0.29, 0.717) is 16.9 Å². The Balaban J connectivity index is 2.08. The maximum Gasteiger partial charge on any atom is 0.175 e. The van der Waals surface area contributed by atoms with Crippen LogP contribution >= 0.6 is 12.2 Å². The molecule has 2 aromatic carbocycles. The van der Waals surface area contributed by atoms with Crippen LogP contribution in [0.2, 0.25) is 0 Å². The number of hydrogen-bond acceptors (Lipinski definition) is 2. The molecule has 0 saturated heterocycles. The van der Waals surface area contributed by atoms with Gasteiger partial charge in [-0.1, -0.05) is 6.07 Å². The third-order valence-electron chi connectivity index (χ3n) is 2.93. The van der Waals surface area contributed by atoms with Gasteiger partial charge in [-0.3, -0.25) is 0 Å². The molecule has 0 saturated carbocycles.